The van der Waals surface area contributed by atoms with E-state index in [1.165, 1.54) is 0 Å². The van der Waals surface area contributed by atoms with Crippen molar-refractivity contribution in [2.45, 2.75) is 45.8 Å². The van der Waals surface area contributed by atoms with Crippen molar-refractivity contribution < 1.29 is 19.0 Å². The number of hydrogen-bond acceptors (Lipinski definition) is 4. The van der Waals surface area contributed by atoms with Crippen molar-refractivity contribution in [3.05, 3.63) is 54.1 Å². The van der Waals surface area contributed by atoms with Gasteiger partial charge in [-0.05, 0) is 60.7 Å². The predicted molar refractivity (Wildman–Crippen MR) is 111 cm³/mol. The minimum absolute atomic E-state index is 0.0769. The SMILES string of the molecule is CC[C@@H](Oc1ccc(OC)cc1)C(=O)N[C@H](CC(C)C)c1ccc(OC)cc1. The van der Waals surface area contributed by atoms with E-state index in [2.05, 4.69) is 19.2 Å². The normalized spacial score (nSPS) is 12.9. The van der Waals surface area contributed by atoms with E-state index in [1.54, 1.807) is 14.2 Å². The largest absolute Gasteiger partial charge is 0.497 e. The maximum Gasteiger partial charge on any atom is 0.261 e. The van der Waals surface area contributed by atoms with Crippen molar-refractivity contribution in [3.8, 4) is 17.2 Å². The van der Waals surface area contributed by atoms with Gasteiger partial charge in [0.2, 0.25) is 0 Å². The maximum absolute atomic E-state index is 12.9. The standard InChI is InChI=1S/C23H31NO4/c1-6-22(28-20-13-11-19(27-5)12-14-20)23(25)24-21(15-16(2)3)17-7-9-18(26-4)10-8-17/h7-14,16,21-22H,6,15H2,1-5H3,(H,24,25)/t21-,22-/m1/s1. The lowest BCUT2D eigenvalue weighted by atomic mass is 9.96. The first kappa shape index (κ1) is 21.6. The lowest BCUT2D eigenvalue weighted by Crippen LogP contribution is -2.40. The van der Waals surface area contributed by atoms with E-state index in [9.17, 15) is 4.79 Å². The van der Waals surface area contributed by atoms with Gasteiger partial charge >= 0.3 is 0 Å². The van der Waals surface area contributed by atoms with Crippen LogP contribution in [0.2, 0.25) is 0 Å². The number of amides is 1. The average molecular weight is 386 g/mol. The van der Waals surface area contributed by atoms with Crippen LogP contribution in [0.5, 0.6) is 17.2 Å². The summed E-state index contributed by atoms with van der Waals surface area (Å²) in [5.74, 6) is 2.52. The molecule has 0 radical (unpaired) electrons. The van der Waals surface area contributed by atoms with Crippen molar-refractivity contribution in [2.24, 2.45) is 5.92 Å². The van der Waals surface area contributed by atoms with Gasteiger partial charge < -0.3 is 19.5 Å². The second-order valence-corrected chi connectivity index (χ2v) is 7.15. The highest BCUT2D eigenvalue weighted by Crippen LogP contribution is 2.25. The molecule has 152 valence electrons. The molecule has 1 amide bonds. The van der Waals surface area contributed by atoms with Gasteiger partial charge in [0, 0.05) is 0 Å². The highest BCUT2D eigenvalue weighted by Gasteiger charge is 2.23. The minimum atomic E-state index is -0.554. The van der Waals surface area contributed by atoms with E-state index in [1.807, 2.05) is 55.5 Å². The van der Waals surface area contributed by atoms with Crippen LogP contribution >= 0.6 is 0 Å². The van der Waals surface area contributed by atoms with Gasteiger partial charge in [0.05, 0.1) is 20.3 Å². The molecule has 0 aliphatic rings. The number of ether oxygens (including phenoxy) is 3. The predicted octanol–water partition coefficient (Wildman–Crippen LogP) is 4.76. The zero-order valence-corrected chi connectivity index (χ0v) is 17.4. The molecule has 5 nitrogen and oxygen atoms in total. The van der Waals surface area contributed by atoms with Gasteiger partial charge in [-0.1, -0.05) is 32.9 Å². The lowest BCUT2D eigenvalue weighted by molar-refractivity contribution is -0.129. The molecule has 2 atom stereocenters. The Morgan fingerprint density at radius 3 is 1.86 bits per heavy atom. The van der Waals surface area contributed by atoms with Gasteiger partial charge in [0.1, 0.15) is 17.2 Å². The van der Waals surface area contributed by atoms with E-state index in [-0.39, 0.29) is 11.9 Å². The van der Waals surface area contributed by atoms with E-state index in [0.29, 0.717) is 18.1 Å². The molecule has 0 aromatic heterocycles. The second-order valence-electron chi connectivity index (χ2n) is 7.15. The molecule has 0 fully saturated rings. The molecule has 0 saturated heterocycles. The van der Waals surface area contributed by atoms with Crippen molar-refractivity contribution in [1.29, 1.82) is 0 Å². The van der Waals surface area contributed by atoms with Crippen molar-refractivity contribution in [1.82, 2.24) is 5.32 Å². The summed E-state index contributed by atoms with van der Waals surface area (Å²) < 4.78 is 16.3. The van der Waals surface area contributed by atoms with Gasteiger partial charge in [-0.3, -0.25) is 4.79 Å². The molecule has 2 rings (SSSR count). The summed E-state index contributed by atoms with van der Waals surface area (Å²) in [6.45, 7) is 6.24. The second kappa shape index (κ2) is 10.6. The number of nitrogens with one attached hydrogen (secondary N) is 1. The summed E-state index contributed by atoms with van der Waals surface area (Å²) in [7, 11) is 3.26. The van der Waals surface area contributed by atoms with E-state index < -0.39 is 6.10 Å². The number of carbonyl (C=O) groups is 1. The molecule has 0 spiro atoms. The van der Waals surface area contributed by atoms with Gasteiger partial charge in [-0.2, -0.15) is 0 Å². The number of carbonyl (C=O) groups excluding carboxylic acids is 1. The Bertz CT molecular complexity index is 725. The highest BCUT2D eigenvalue weighted by molar-refractivity contribution is 5.81. The van der Waals surface area contributed by atoms with Gasteiger partial charge in [0.25, 0.3) is 5.91 Å². The van der Waals surface area contributed by atoms with Crippen LogP contribution < -0.4 is 19.5 Å². The molecule has 0 saturated carbocycles. The monoisotopic (exact) mass is 385 g/mol. The molecule has 28 heavy (non-hydrogen) atoms. The average Bonchev–Trinajstić information content (AvgIpc) is 2.71. The summed E-state index contributed by atoms with van der Waals surface area (Å²) in [6, 6.07) is 15.0. The third-order valence-electron chi connectivity index (χ3n) is 4.54. The van der Waals surface area contributed by atoms with Crippen molar-refractivity contribution in [2.75, 3.05) is 14.2 Å². The summed E-state index contributed by atoms with van der Waals surface area (Å²) in [6.07, 6.45) is 0.868. The summed E-state index contributed by atoms with van der Waals surface area (Å²) >= 11 is 0. The fourth-order valence-corrected chi connectivity index (χ4v) is 2.99. The van der Waals surface area contributed by atoms with Crippen LogP contribution in [0.25, 0.3) is 0 Å². The molecule has 0 bridgehead atoms. The maximum atomic E-state index is 12.9. The Labute approximate surface area is 168 Å². The van der Waals surface area contributed by atoms with Crippen LogP contribution in [0.4, 0.5) is 0 Å². The fourth-order valence-electron chi connectivity index (χ4n) is 2.99. The Kier molecular flexibility index (Phi) is 8.18. The first-order chi connectivity index (χ1) is 13.5. The lowest BCUT2D eigenvalue weighted by Gasteiger charge is -2.24. The Hall–Kier alpha value is -2.69. The van der Waals surface area contributed by atoms with Gasteiger partial charge in [-0.15, -0.1) is 0 Å². The first-order valence-corrected chi connectivity index (χ1v) is 9.71. The number of methoxy groups -OCH3 is 2. The molecular weight excluding hydrogens is 354 g/mol. The highest BCUT2D eigenvalue weighted by atomic mass is 16.5. The summed E-state index contributed by atoms with van der Waals surface area (Å²) in [5.41, 5.74) is 1.06. The van der Waals surface area contributed by atoms with Crippen LogP contribution in [0.3, 0.4) is 0 Å². The molecule has 2 aromatic rings. The molecule has 0 heterocycles. The molecule has 0 aliphatic heterocycles. The quantitative estimate of drug-likeness (QED) is 0.640. The molecular formula is C23H31NO4. The molecule has 0 aliphatic carbocycles. The van der Waals surface area contributed by atoms with Crippen LogP contribution in [0.15, 0.2) is 48.5 Å². The summed E-state index contributed by atoms with van der Waals surface area (Å²) in [4.78, 5) is 12.9. The number of rotatable bonds is 10. The minimum Gasteiger partial charge on any atom is -0.497 e. The molecule has 5 heteroatoms. The zero-order valence-electron chi connectivity index (χ0n) is 17.4. The van der Waals surface area contributed by atoms with Crippen molar-refractivity contribution >= 4 is 5.91 Å². The van der Waals surface area contributed by atoms with Crippen LogP contribution in [-0.2, 0) is 4.79 Å². The fraction of sp³-hybridized carbons (Fsp3) is 0.435. The number of hydrogen-bond donors (Lipinski definition) is 1. The van der Waals surface area contributed by atoms with Crippen LogP contribution in [-0.4, -0.2) is 26.2 Å². The van der Waals surface area contributed by atoms with Gasteiger partial charge in [0.15, 0.2) is 6.10 Å². The zero-order chi connectivity index (χ0) is 20.5. The summed E-state index contributed by atoms with van der Waals surface area (Å²) in [5, 5.41) is 3.17. The first-order valence-electron chi connectivity index (χ1n) is 9.71. The third kappa shape index (κ3) is 6.19. The Morgan fingerprint density at radius 2 is 1.39 bits per heavy atom. The smallest absolute Gasteiger partial charge is 0.261 e. The van der Waals surface area contributed by atoms with E-state index in [0.717, 1.165) is 23.5 Å². The number of benzene rings is 2. The van der Waals surface area contributed by atoms with E-state index in [4.69, 9.17) is 14.2 Å². The van der Waals surface area contributed by atoms with Gasteiger partial charge in [-0.25, -0.2) is 0 Å². The third-order valence-corrected chi connectivity index (χ3v) is 4.54. The van der Waals surface area contributed by atoms with Crippen LogP contribution in [0.1, 0.15) is 45.2 Å². The Morgan fingerprint density at radius 1 is 0.893 bits per heavy atom. The van der Waals surface area contributed by atoms with Crippen LogP contribution in [0, 0.1) is 5.92 Å². The molecule has 2 aromatic carbocycles. The Balaban J connectivity index is 2.10. The topological polar surface area (TPSA) is 56.8 Å². The molecule has 0 unspecified atom stereocenters. The van der Waals surface area contributed by atoms with E-state index >= 15 is 0 Å². The van der Waals surface area contributed by atoms with Crippen molar-refractivity contribution in [3.63, 3.8) is 0 Å². The molecule has 1 N–H and O–H groups in total.